The van der Waals surface area contributed by atoms with Gasteiger partial charge in [0.05, 0.1) is 18.5 Å². The summed E-state index contributed by atoms with van der Waals surface area (Å²) in [6.07, 6.45) is 5.30. The number of rotatable bonds is 7. The number of methoxy groups -OCH3 is 1. The zero-order valence-electron chi connectivity index (χ0n) is 18.2. The first-order chi connectivity index (χ1) is 15.6. The van der Waals surface area contributed by atoms with Gasteiger partial charge >= 0.3 is 0 Å². The Bertz CT molecular complexity index is 1210. The summed E-state index contributed by atoms with van der Waals surface area (Å²) in [5.74, 6) is 0.627. The molecule has 160 valence electrons. The number of para-hydroxylation sites is 1. The molecule has 1 heterocycles. The number of hydrogen-bond acceptors (Lipinski definition) is 3. The Kier molecular flexibility index (Phi) is 6.46. The third-order valence-electron chi connectivity index (χ3n) is 5.13. The highest BCUT2D eigenvalue weighted by atomic mass is 16.5. The average Bonchev–Trinajstić information content (AvgIpc) is 3.27. The lowest BCUT2D eigenvalue weighted by Gasteiger charge is -2.04. The lowest BCUT2D eigenvalue weighted by molar-refractivity contribution is -0.116. The Morgan fingerprint density at radius 3 is 2.41 bits per heavy atom. The quantitative estimate of drug-likeness (QED) is 0.417. The van der Waals surface area contributed by atoms with Crippen LogP contribution in [0.5, 0.6) is 5.75 Å². The smallest absolute Gasteiger partial charge is 0.244 e. The summed E-state index contributed by atoms with van der Waals surface area (Å²) in [6, 6.07) is 25.8. The predicted octanol–water partition coefficient (Wildman–Crippen LogP) is 5.19. The second kappa shape index (κ2) is 9.79. The Morgan fingerprint density at radius 2 is 1.72 bits per heavy atom. The lowest BCUT2D eigenvalue weighted by Crippen LogP contribution is -2.20. The molecular weight excluding hydrogens is 398 g/mol. The highest BCUT2D eigenvalue weighted by Gasteiger charge is 2.11. The van der Waals surface area contributed by atoms with E-state index in [2.05, 4.69) is 24.4 Å². The van der Waals surface area contributed by atoms with Crippen molar-refractivity contribution < 1.29 is 9.53 Å². The summed E-state index contributed by atoms with van der Waals surface area (Å²) < 4.78 is 7.00. The maximum absolute atomic E-state index is 12.4. The van der Waals surface area contributed by atoms with E-state index in [0.29, 0.717) is 6.54 Å². The summed E-state index contributed by atoms with van der Waals surface area (Å²) in [5.41, 5.74) is 5.86. The molecule has 3 aromatic carbocycles. The van der Waals surface area contributed by atoms with Gasteiger partial charge in [-0.25, -0.2) is 4.68 Å². The van der Waals surface area contributed by atoms with Crippen LogP contribution in [0.4, 0.5) is 0 Å². The molecule has 0 saturated carbocycles. The number of benzene rings is 3. The van der Waals surface area contributed by atoms with Gasteiger partial charge in [0.25, 0.3) is 0 Å². The Balaban J connectivity index is 1.54. The van der Waals surface area contributed by atoms with Crippen LogP contribution < -0.4 is 10.1 Å². The minimum absolute atomic E-state index is 0.164. The van der Waals surface area contributed by atoms with Crippen LogP contribution in [0.15, 0.2) is 91.1 Å². The molecule has 0 unspecified atom stereocenters. The number of carbonyl (C=O) groups is 1. The normalized spacial score (nSPS) is 10.9. The van der Waals surface area contributed by atoms with Gasteiger partial charge in [0.2, 0.25) is 5.91 Å². The largest absolute Gasteiger partial charge is 0.497 e. The van der Waals surface area contributed by atoms with Gasteiger partial charge < -0.3 is 10.1 Å². The van der Waals surface area contributed by atoms with Crippen molar-refractivity contribution in [3.8, 4) is 22.7 Å². The van der Waals surface area contributed by atoms with Gasteiger partial charge in [0.1, 0.15) is 5.75 Å². The number of hydrogen-bond donors (Lipinski definition) is 1. The standard InChI is InChI=1S/C27H25N3O2/c1-20-8-12-22(13-9-20)27-23(19-30(29-27)24-6-4-3-5-7-24)14-17-26(31)28-18-21-10-15-25(32-2)16-11-21/h3-17,19H,18H2,1-2H3,(H,28,31)/b17-14+. The number of carbonyl (C=O) groups excluding carboxylic acids is 1. The topological polar surface area (TPSA) is 56.1 Å². The van der Waals surface area contributed by atoms with E-state index in [1.807, 2.05) is 83.7 Å². The number of nitrogens with zero attached hydrogens (tertiary/aromatic N) is 2. The second-order valence-corrected chi connectivity index (χ2v) is 7.48. The summed E-state index contributed by atoms with van der Waals surface area (Å²) in [4.78, 5) is 12.4. The maximum atomic E-state index is 12.4. The van der Waals surface area contributed by atoms with Crippen LogP contribution in [0.2, 0.25) is 0 Å². The number of aryl methyl sites for hydroxylation is 1. The van der Waals surface area contributed by atoms with E-state index >= 15 is 0 Å². The number of amides is 1. The van der Waals surface area contributed by atoms with Crippen molar-refractivity contribution in [3.05, 3.63) is 108 Å². The van der Waals surface area contributed by atoms with Gasteiger partial charge in [0.15, 0.2) is 0 Å². The van der Waals surface area contributed by atoms with Gasteiger partial charge in [-0.05, 0) is 42.8 Å². The van der Waals surface area contributed by atoms with Crippen molar-refractivity contribution in [2.45, 2.75) is 13.5 Å². The number of ether oxygens (including phenoxy) is 1. The van der Waals surface area contributed by atoms with E-state index in [1.54, 1.807) is 13.2 Å². The fourth-order valence-electron chi connectivity index (χ4n) is 3.31. The van der Waals surface area contributed by atoms with Gasteiger partial charge in [-0.3, -0.25) is 4.79 Å². The first-order valence-corrected chi connectivity index (χ1v) is 10.4. The molecule has 0 fully saturated rings. The van der Waals surface area contributed by atoms with Crippen LogP contribution in [-0.4, -0.2) is 22.8 Å². The van der Waals surface area contributed by atoms with Crippen LogP contribution in [0.1, 0.15) is 16.7 Å². The minimum atomic E-state index is -0.164. The second-order valence-electron chi connectivity index (χ2n) is 7.48. The first kappa shape index (κ1) is 21.1. The van der Waals surface area contributed by atoms with Crippen molar-refractivity contribution in [2.24, 2.45) is 0 Å². The van der Waals surface area contributed by atoms with Crippen LogP contribution in [0.25, 0.3) is 23.0 Å². The molecule has 4 rings (SSSR count). The molecule has 1 aromatic heterocycles. The molecule has 4 aromatic rings. The third kappa shape index (κ3) is 5.13. The van der Waals surface area contributed by atoms with E-state index < -0.39 is 0 Å². The molecular formula is C27H25N3O2. The monoisotopic (exact) mass is 423 g/mol. The van der Waals surface area contributed by atoms with Gasteiger partial charge in [-0.1, -0.05) is 60.2 Å². The zero-order chi connectivity index (χ0) is 22.3. The van der Waals surface area contributed by atoms with Crippen LogP contribution >= 0.6 is 0 Å². The molecule has 0 radical (unpaired) electrons. The van der Waals surface area contributed by atoms with Gasteiger partial charge in [-0.2, -0.15) is 5.10 Å². The SMILES string of the molecule is COc1ccc(CNC(=O)/C=C/c2cn(-c3ccccc3)nc2-c2ccc(C)cc2)cc1. The number of nitrogens with one attached hydrogen (secondary N) is 1. The third-order valence-corrected chi connectivity index (χ3v) is 5.13. The molecule has 0 bridgehead atoms. The van der Waals surface area contributed by atoms with E-state index in [1.165, 1.54) is 5.56 Å². The molecule has 0 aliphatic rings. The summed E-state index contributed by atoms with van der Waals surface area (Å²) >= 11 is 0. The maximum Gasteiger partial charge on any atom is 0.244 e. The van der Waals surface area contributed by atoms with Crippen molar-refractivity contribution in [2.75, 3.05) is 7.11 Å². The first-order valence-electron chi connectivity index (χ1n) is 10.4. The van der Waals surface area contributed by atoms with E-state index in [9.17, 15) is 4.79 Å². The van der Waals surface area contributed by atoms with E-state index in [0.717, 1.165) is 33.8 Å². The fraction of sp³-hybridized carbons (Fsp3) is 0.111. The molecule has 5 heteroatoms. The molecule has 0 aliphatic carbocycles. The molecule has 0 aliphatic heterocycles. The zero-order valence-corrected chi connectivity index (χ0v) is 18.2. The highest BCUT2D eigenvalue weighted by Crippen LogP contribution is 2.25. The summed E-state index contributed by atoms with van der Waals surface area (Å²) in [5, 5.41) is 7.71. The molecule has 0 atom stereocenters. The van der Waals surface area contributed by atoms with Crippen molar-refractivity contribution in [3.63, 3.8) is 0 Å². The van der Waals surface area contributed by atoms with Crippen molar-refractivity contribution >= 4 is 12.0 Å². The summed E-state index contributed by atoms with van der Waals surface area (Å²) in [6.45, 7) is 2.50. The molecule has 5 nitrogen and oxygen atoms in total. The predicted molar refractivity (Wildman–Crippen MR) is 128 cm³/mol. The van der Waals surface area contributed by atoms with Gasteiger partial charge in [0, 0.05) is 29.9 Å². The van der Waals surface area contributed by atoms with Crippen LogP contribution in [0, 0.1) is 6.92 Å². The molecule has 0 spiro atoms. The van der Waals surface area contributed by atoms with Crippen LogP contribution in [-0.2, 0) is 11.3 Å². The minimum Gasteiger partial charge on any atom is -0.497 e. The van der Waals surface area contributed by atoms with Gasteiger partial charge in [-0.15, -0.1) is 0 Å². The van der Waals surface area contributed by atoms with Crippen molar-refractivity contribution in [1.82, 2.24) is 15.1 Å². The van der Waals surface area contributed by atoms with E-state index in [4.69, 9.17) is 9.84 Å². The lowest BCUT2D eigenvalue weighted by atomic mass is 10.1. The van der Waals surface area contributed by atoms with Crippen LogP contribution in [0.3, 0.4) is 0 Å². The van der Waals surface area contributed by atoms with Crippen molar-refractivity contribution in [1.29, 1.82) is 0 Å². The Hall–Kier alpha value is -4.12. The summed E-state index contributed by atoms with van der Waals surface area (Å²) in [7, 11) is 1.63. The highest BCUT2D eigenvalue weighted by molar-refractivity contribution is 5.92. The Labute approximate surface area is 188 Å². The average molecular weight is 424 g/mol. The molecule has 32 heavy (non-hydrogen) atoms. The molecule has 1 N–H and O–H groups in total. The molecule has 1 amide bonds. The Morgan fingerprint density at radius 1 is 1.00 bits per heavy atom. The molecule has 0 saturated heterocycles. The number of aromatic nitrogens is 2. The van der Waals surface area contributed by atoms with E-state index in [-0.39, 0.29) is 5.91 Å². The fourth-order valence-corrected chi connectivity index (χ4v) is 3.31.